The van der Waals surface area contributed by atoms with Gasteiger partial charge in [0.15, 0.2) is 0 Å². The topological polar surface area (TPSA) is 6.48 Å². The predicted octanol–water partition coefficient (Wildman–Crippen LogP) is 3.50. The van der Waals surface area contributed by atoms with E-state index in [4.69, 9.17) is 0 Å². The van der Waals surface area contributed by atoms with Crippen LogP contribution in [0.1, 0.15) is 26.3 Å². The summed E-state index contributed by atoms with van der Waals surface area (Å²) in [7, 11) is 0. The molecule has 1 aromatic carbocycles. The third-order valence-corrected chi connectivity index (χ3v) is 4.63. The maximum absolute atomic E-state index is 13.5. The predicted molar refractivity (Wildman–Crippen MR) is 80.7 cm³/mol. The summed E-state index contributed by atoms with van der Waals surface area (Å²) in [5.74, 6) is -0.175. The maximum atomic E-state index is 13.5. The van der Waals surface area contributed by atoms with Crippen molar-refractivity contribution in [3.8, 4) is 0 Å². The molecule has 0 bridgehead atoms. The highest BCUT2D eigenvalue weighted by Crippen LogP contribution is 2.23. The number of hydrogen-bond donors (Lipinski definition) is 0. The molecule has 0 spiro atoms. The number of benzene rings is 1. The molecule has 0 atom stereocenters. The number of rotatable bonds is 2. The van der Waals surface area contributed by atoms with E-state index in [-0.39, 0.29) is 11.4 Å². The van der Waals surface area contributed by atoms with Crippen molar-refractivity contribution in [2.24, 2.45) is 0 Å². The van der Waals surface area contributed by atoms with Crippen molar-refractivity contribution in [1.29, 1.82) is 0 Å². The lowest BCUT2D eigenvalue weighted by atomic mass is 10.0. The van der Waals surface area contributed by atoms with Crippen molar-refractivity contribution in [3.63, 3.8) is 0 Å². The Morgan fingerprint density at radius 1 is 1.16 bits per heavy atom. The van der Waals surface area contributed by atoms with E-state index >= 15 is 0 Å². The minimum Gasteiger partial charge on any atom is -0.296 e. The van der Waals surface area contributed by atoms with Crippen LogP contribution in [-0.4, -0.2) is 41.5 Å². The first-order valence-electron chi connectivity index (χ1n) is 6.78. The van der Waals surface area contributed by atoms with Gasteiger partial charge in [-0.15, -0.1) is 0 Å². The highest BCUT2D eigenvalue weighted by molar-refractivity contribution is 9.10. The zero-order valence-electron chi connectivity index (χ0n) is 11.9. The number of halogens is 2. The van der Waals surface area contributed by atoms with Gasteiger partial charge < -0.3 is 0 Å². The minimum atomic E-state index is -0.175. The van der Waals surface area contributed by atoms with Crippen molar-refractivity contribution >= 4 is 15.9 Å². The average molecular weight is 329 g/mol. The molecule has 0 radical (unpaired) electrons. The van der Waals surface area contributed by atoms with E-state index in [9.17, 15) is 4.39 Å². The lowest BCUT2D eigenvalue weighted by Crippen LogP contribution is -2.53. The molecule has 0 unspecified atom stereocenters. The Hall–Kier alpha value is -0.450. The van der Waals surface area contributed by atoms with Gasteiger partial charge in [-0.1, -0.05) is 12.1 Å². The molecule has 0 saturated carbocycles. The lowest BCUT2D eigenvalue weighted by Gasteiger charge is -2.42. The first-order valence-corrected chi connectivity index (χ1v) is 7.57. The van der Waals surface area contributed by atoms with Crippen molar-refractivity contribution < 1.29 is 4.39 Å². The third-order valence-electron chi connectivity index (χ3n) is 3.75. The van der Waals surface area contributed by atoms with Crippen molar-refractivity contribution in [2.45, 2.75) is 32.9 Å². The average Bonchev–Trinajstić information content (AvgIpc) is 2.35. The Kier molecular flexibility index (Phi) is 4.64. The van der Waals surface area contributed by atoms with Gasteiger partial charge in [0.25, 0.3) is 0 Å². The smallest absolute Gasteiger partial charge is 0.137 e. The van der Waals surface area contributed by atoms with Gasteiger partial charge in [0.05, 0.1) is 4.47 Å². The molecular weight excluding hydrogens is 307 g/mol. The minimum absolute atomic E-state index is 0.175. The summed E-state index contributed by atoms with van der Waals surface area (Å²) in [4.78, 5) is 4.89. The zero-order chi connectivity index (χ0) is 14.0. The van der Waals surface area contributed by atoms with E-state index in [1.807, 2.05) is 6.07 Å². The summed E-state index contributed by atoms with van der Waals surface area (Å²) >= 11 is 3.34. The second kappa shape index (κ2) is 5.90. The van der Waals surface area contributed by atoms with Gasteiger partial charge in [0, 0.05) is 38.3 Å². The first-order chi connectivity index (χ1) is 8.88. The van der Waals surface area contributed by atoms with E-state index in [0.717, 1.165) is 38.3 Å². The number of nitrogens with zero attached hydrogens (tertiary/aromatic N) is 2. The van der Waals surface area contributed by atoms with Crippen LogP contribution in [0.5, 0.6) is 0 Å². The Balaban J connectivity index is 1.94. The molecule has 1 saturated heterocycles. The molecule has 2 rings (SSSR count). The van der Waals surface area contributed by atoms with Crippen LogP contribution in [-0.2, 0) is 6.54 Å². The molecule has 19 heavy (non-hydrogen) atoms. The molecular formula is C15H22BrFN2. The standard InChI is InChI=1S/C15H22BrFN2/c1-15(2,3)19-9-7-18(8-10-19)11-12-5-4-6-13(17)14(12)16/h4-6H,7-11H2,1-3H3. The Morgan fingerprint density at radius 2 is 1.79 bits per heavy atom. The first kappa shape index (κ1) is 14.9. The van der Waals surface area contributed by atoms with E-state index in [2.05, 4.69) is 46.5 Å². The van der Waals surface area contributed by atoms with Crippen LogP contribution in [0.25, 0.3) is 0 Å². The lowest BCUT2D eigenvalue weighted by molar-refractivity contribution is 0.0590. The van der Waals surface area contributed by atoms with E-state index in [0.29, 0.717) is 4.47 Å². The summed E-state index contributed by atoms with van der Waals surface area (Å²) in [6.45, 7) is 11.8. The van der Waals surface area contributed by atoms with E-state index in [1.54, 1.807) is 6.07 Å². The largest absolute Gasteiger partial charge is 0.296 e. The molecule has 1 heterocycles. The van der Waals surface area contributed by atoms with Crippen molar-refractivity contribution in [2.75, 3.05) is 26.2 Å². The molecule has 1 aliphatic rings. The zero-order valence-corrected chi connectivity index (χ0v) is 13.5. The van der Waals surface area contributed by atoms with Crippen LogP contribution in [0.15, 0.2) is 22.7 Å². The van der Waals surface area contributed by atoms with Crippen molar-refractivity contribution in [1.82, 2.24) is 9.80 Å². The summed E-state index contributed by atoms with van der Waals surface area (Å²) in [5, 5.41) is 0. The fourth-order valence-electron chi connectivity index (χ4n) is 2.49. The second-order valence-electron chi connectivity index (χ2n) is 6.15. The Bertz CT molecular complexity index is 434. The Morgan fingerprint density at radius 3 is 2.37 bits per heavy atom. The number of hydrogen-bond acceptors (Lipinski definition) is 2. The van der Waals surface area contributed by atoms with Gasteiger partial charge >= 0.3 is 0 Å². The summed E-state index contributed by atoms with van der Waals surface area (Å²) < 4.78 is 14.1. The molecule has 1 aliphatic heterocycles. The van der Waals surface area contributed by atoms with Gasteiger partial charge in [0.1, 0.15) is 5.82 Å². The normalized spacial score (nSPS) is 18.8. The fraction of sp³-hybridized carbons (Fsp3) is 0.600. The Labute approximate surface area is 123 Å². The highest BCUT2D eigenvalue weighted by Gasteiger charge is 2.25. The van der Waals surface area contributed by atoms with Crippen LogP contribution >= 0.6 is 15.9 Å². The molecule has 0 amide bonds. The van der Waals surface area contributed by atoms with Crippen molar-refractivity contribution in [3.05, 3.63) is 34.1 Å². The monoisotopic (exact) mass is 328 g/mol. The molecule has 0 aliphatic carbocycles. The molecule has 1 fully saturated rings. The van der Waals surface area contributed by atoms with Crippen LogP contribution < -0.4 is 0 Å². The van der Waals surface area contributed by atoms with Gasteiger partial charge in [-0.3, -0.25) is 9.80 Å². The van der Waals surface area contributed by atoms with E-state index in [1.165, 1.54) is 6.07 Å². The summed E-state index contributed by atoms with van der Waals surface area (Å²) in [6, 6.07) is 5.26. The van der Waals surface area contributed by atoms with Crippen LogP contribution in [0.2, 0.25) is 0 Å². The van der Waals surface area contributed by atoms with Gasteiger partial charge in [0.2, 0.25) is 0 Å². The van der Waals surface area contributed by atoms with Crippen LogP contribution in [0.4, 0.5) is 4.39 Å². The quantitative estimate of drug-likeness (QED) is 0.819. The molecule has 0 N–H and O–H groups in total. The molecule has 2 nitrogen and oxygen atoms in total. The molecule has 0 aromatic heterocycles. The van der Waals surface area contributed by atoms with Crippen LogP contribution in [0.3, 0.4) is 0 Å². The highest BCUT2D eigenvalue weighted by atomic mass is 79.9. The summed E-state index contributed by atoms with van der Waals surface area (Å²) in [5.41, 5.74) is 1.27. The van der Waals surface area contributed by atoms with Crippen LogP contribution in [0, 0.1) is 5.82 Å². The molecule has 106 valence electrons. The number of piperazine rings is 1. The molecule has 4 heteroatoms. The summed E-state index contributed by atoms with van der Waals surface area (Å²) in [6.07, 6.45) is 0. The third kappa shape index (κ3) is 3.77. The van der Waals surface area contributed by atoms with E-state index < -0.39 is 0 Å². The SMILES string of the molecule is CC(C)(C)N1CCN(Cc2cccc(F)c2Br)CC1. The second-order valence-corrected chi connectivity index (χ2v) is 6.94. The van der Waals surface area contributed by atoms with Gasteiger partial charge in [-0.25, -0.2) is 4.39 Å². The molecule has 1 aromatic rings. The fourth-order valence-corrected chi connectivity index (χ4v) is 2.88. The maximum Gasteiger partial charge on any atom is 0.137 e. The van der Waals surface area contributed by atoms with Gasteiger partial charge in [-0.05, 0) is 48.3 Å². The van der Waals surface area contributed by atoms with Gasteiger partial charge in [-0.2, -0.15) is 0 Å².